The Bertz CT molecular complexity index is 1430. The molecule has 0 radical (unpaired) electrons. The predicted molar refractivity (Wildman–Crippen MR) is 126 cm³/mol. The first-order valence-electron chi connectivity index (χ1n) is 10.5. The van der Waals surface area contributed by atoms with Gasteiger partial charge in [0.15, 0.2) is 0 Å². The molecular formula is C26H24N2S. The van der Waals surface area contributed by atoms with Gasteiger partial charge in [-0.25, -0.2) is 9.97 Å². The van der Waals surface area contributed by atoms with Crippen LogP contribution in [-0.4, -0.2) is 9.97 Å². The Labute approximate surface area is 176 Å². The Kier molecular flexibility index (Phi) is 3.91. The monoisotopic (exact) mass is 397 g/mol. The van der Waals surface area contributed by atoms with Crippen molar-refractivity contribution in [1.82, 2.24) is 9.97 Å². The van der Waals surface area contributed by atoms with E-state index in [1.165, 1.54) is 21.2 Å². The van der Waals surface area contributed by atoms with Gasteiger partial charge in [-0.15, -0.1) is 11.3 Å². The third-order valence-corrected chi connectivity index (χ3v) is 6.75. The van der Waals surface area contributed by atoms with E-state index in [1.807, 2.05) is 24.3 Å². The first kappa shape index (κ1) is 17.1. The quantitative estimate of drug-likeness (QED) is 0.307. The summed E-state index contributed by atoms with van der Waals surface area (Å²) in [6.45, 7) is 9.07. The second kappa shape index (κ2) is 6.64. The third-order valence-electron chi connectivity index (χ3n) is 5.43. The molecule has 0 unspecified atom stereocenters. The summed E-state index contributed by atoms with van der Waals surface area (Å²) < 4.78 is 10.9. The Balaban J connectivity index is 1.75. The van der Waals surface area contributed by atoms with Gasteiger partial charge in [0.05, 0.1) is 17.3 Å². The van der Waals surface area contributed by atoms with E-state index < -0.39 is 0 Å². The lowest BCUT2D eigenvalue weighted by Gasteiger charge is -2.19. The van der Waals surface area contributed by atoms with Gasteiger partial charge in [-0.1, -0.05) is 69.3 Å². The molecule has 0 spiro atoms. The summed E-state index contributed by atoms with van der Waals surface area (Å²) >= 11 is 1.77. The molecule has 0 saturated heterocycles. The molecule has 5 rings (SSSR count). The van der Waals surface area contributed by atoms with Gasteiger partial charge in [0.25, 0.3) is 0 Å². The van der Waals surface area contributed by atoms with E-state index in [0.717, 1.165) is 38.7 Å². The van der Waals surface area contributed by atoms with Gasteiger partial charge in [0, 0.05) is 15.6 Å². The number of rotatable bonds is 2. The van der Waals surface area contributed by atoms with Crippen LogP contribution in [0.2, 0.25) is 0 Å². The molecule has 3 heteroatoms. The molecule has 0 saturated carbocycles. The molecule has 29 heavy (non-hydrogen) atoms. The van der Waals surface area contributed by atoms with Crippen LogP contribution in [0.15, 0.2) is 60.9 Å². The molecule has 0 fully saturated rings. The fourth-order valence-electron chi connectivity index (χ4n) is 4.04. The molecule has 0 aliphatic rings. The van der Waals surface area contributed by atoms with Gasteiger partial charge in [0.2, 0.25) is 0 Å². The van der Waals surface area contributed by atoms with E-state index in [4.69, 9.17) is 1.37 Å². The summed E-state index contributed by atoms with van der Waals surface area (Å²) in [5.41, 5.74) is 5.88. The van der Waals surface area contributed by atoms with Crippen LogP contribution in [0.4, 0.5) is 0 Å². The molecule has 2 aromatic heterocycles. The fraction of sp³-hybridized carbons (Fsp3) is 0.231. The Morgan fingerprint density at radius 3 is 2.55 bits per heavy atom. The molecule has 2 heterocycles. The van der Waals surface area contributed by atoms with Gasteiger partial charge in [0.1, 0.15) is 6.33 Å². The second-order valence-electron chi connectivity index (χ2n) is 8.94. The number of nitrogens with zero attached hydrogens (tertiary/aromatic N) is 2. The van der Waals surface area contributed by atoms with Crippen molar-refractivity contribution in [2.24, 2.45) is 5.41 Å². The second-order valence-corrected chi connectivity index (χ2v) is 9.96. The lowest BCUT2D eigenvalue weighted by molar-refractivity contribution is 0.410. The SMILES string of the molecule is [2H]c1cc(-c2ncnc3c2sc2c(C)c(CC(C)(C)C)ccc23)cc2ccccc12. The number of hydrogen-bond acceptors (Lipinski definition) is 3. The van der Waals surface area contributed by atoms with Gasteiger partial charge >= 0.3 is 0 Å². The van der Waals surface area contributed by atoms with Gasteiger partial charge in [-0.3, -0.25) is 0 Å². The zero-order valence-corrected chi connectivity index (χ0v) is 18.0. The van der Waals surface area contributed by atoms with Crippen LogP contribution < -0.4 is 0 Å². The molecular weight excluding hydrogens is 372 g/mol. The standard InChI is InChI=1S/C26H24N2S/c1-16-20(14-26(2,3)4)11-12-21-23-25(29-24(16)21)22(27-15-28-23)19-10-9-17-7-5-6-8-18(17)13-19/h5-13,15H,14H2,1-4H3/i9D. The number of aromatic nitrogens is 2. The maximum absolute atomic E-state index is 8.48. The van der Waals surface area contributed by atoms with Crippen LogP contribution in [0.3, 0.4) is 0 Å². The Morgan fingerprint density at radius 2 is 1.76 bits per heavy atom. The van der Waals surface area contributed by atoms with Crippen LogP contribution in [0, 0.1) is 12.3 Å². The lowest BCUT2D eigenvalue weighted by atomic mass is 9.86. The van der Waals surface area contributed by atoms with Crippen molar-refractivity contribution in [2.75, 3.05) is 0 Å². The number of fused-ring (bicyclic) bond motifs is 4. The maximum Gasteiger partial charge on any atom is 0.116 e. The molecule has 144 valence electrons. The first-order chi connectivity index (χ1) is 14.3. The molecule has 0 aliphatic heterocycles. The van der Waals surface area contributed by atoms with Crippen LogP contribution >= 0.6 is 11.3 Å². The van der Waals surface area contributed by atoms with Crippen LogP contribution in [0.5, 0.6) is 0 Å². The third kappa shape index (κ3) is 3.20. The molecule has 0 amide bonds. The summed E-state index contributed by atoms with van der Waals surface area (Å²) in [5.74, 6) is 0. The fourth-order valence-corrected chi connectivity index (χ4v) is 5.33. The predicted octanol–water partition coefficient (Wildman–Crippen LogP) is 7.56. The van der Waals surface area contributed by atoms with Crippen molar-refractivity contribution in [3.05, 3.63) is 72.0 Å². The highest BCUT2D eigenvalue weighted by atomic mass is 32.1. The van der Waals surface area contributed by atoms with Crippen LogP contribution in [0.1, 0.15) is 33.3 Å². The number of aryl methyl sites for hydroxylation is 1. The maximum atomic E-state index is 8.48. The molecule has 2 nitrogen and oxygen atoms in total. The Morgan fingerprint density at radius 1 is 0.966 bits per heavy atom. The molecule has 0 aliphatic carbocycles. The summed E-state index contributed by atoms with van der Waals surface area (Å²) in [6.07, 6.45) is 2.70. The van der Waals surface area contributed by atoms with Crippen molar-refractivity contribution in [3.8, 4) is 11.3 Å². The van der Waals surface area contributed by atoms with Crippen molar-refractivity contribution >= 4 is 42.4 Å². The highest BCUT2D eigenvalue weighted by molar-refractivity contribution is 7.26. The minimum Gasteiger partial charge on any atom is -0.235 e. The van der Waals surface area contributed by atoms with Crippen molar-refractivity contribution in [2.45, 2.75) is 34.1 Å². The first-order valence-corrected chi connectivity index (χ1v) is 10.8. The molecule has 0 atom stereocenters. The molecule has 5 aromatic rings. The highest BCUT2D eigenvalue weighted by Gasteiger charge is 2.18. The van der Waals surface area contributed by atoms with Gasteiger partial charge < -0.3 is 0 Å². The summed E-state index contributed by atoms with van der Waals surface area (Å²) in [5, 5.41) is 3.22. The van der Waals surface area contributed by atoms with Crippen LogP contribution in [0.25, 0.3) is 42.3 Å². The number of benzene rings is 3. The average molecular weight is 398 g/mol. The minimum atomic E-state index is 0.246. The smallest absolute Gasteiger partial charge is 0.116 e. The largest absolute Gasteiger partial charge is 0.235 e. The van der Waals surface area contributed by atoms with Gasteiger partial charge in [-0.2, -0.15) is 0 Å². The number of hydrogen-bond donors (Lipinski definition) is 0. The van der Waals surface area contributed by atoms with E-state index in [1.54, 1.807) is 17.7 Å². The lowest BCUT2D eigenvalue weighted by Crippen LogP contribution is -2.10. The van der Waals surface area contributed by atoms with E-state index >= 15 is 0 Å². The van der Waals surface area contributed by atoms with Gasteiger partial charge in [-0.05, 0) is 46.7 Å². The molecule has 3 aromatic carbocycles. The minimum absolute atomic E-state index is 0.246. The zero-order chi connectivity index (χ0) is 21.0. The highest BCUT2D eigenvalue weighted by Crippen LogP contribution is 2.41. The van der Waals surface area contributed by atoms with E-state index in [0.29, 0.717) is 6.04 Å². The van der Waals surface area contributed by atoms with E-state index in [2.05, 4.69) is 61.9 Å². The molecule has 0 N–H and O–H groups in total. The summed E-state index contributed by atoms with van der Waals surface area (Å²) in [6, 6.07) is 17.1. The molecule has 0 bridgehead atoms. The normalized spacial score (nSPS) is 12.8. The summed E-state index contributed by atoms with van der Waals surface area (Å²) in [7, 11) is 0. The van der Waals surface area contributed by atoms with E-state index in [-0.39, 0.29) is 5.41 Å². The zero-order valence-electron chi connectivity index (χ0n) is 18.2. The average Bonchev–Trinajstić information content (AvgIpc) is 3.09. The summed E-state index contributed by atoms with van der Waals surface area (Å²) in [4.78, 5) is 9.29. The van der Waals surface area contributed by atoms with E-state index in [9.17, 15) is 0 Å². The van der Waals surface area contributed by atoms with Crippen molar-refractivity contribution in [1.29, 1.82) is 0 Å². The van der Waals surface area contributed by atoms with Crippen molar-refractivity contribution in [3.63, 3.8) is 0 Å². The number of thiophene rings is 1. The van der Waals surface area contributed by atoms with Crippen LogP contribution in [-0.2, 0) is 6.42 Å². The Hall–Kier alpha value is -2.78. The topological polar surface area (TPSA) is 25.8 Å². The van der Waals surface area contributed by atoms with Crippen molar-refractivity contribution < 1.29 is 1.37 Å².